The predicted octanol–water partition coefficient (Wildman–Crippen LogP) is 1.61. The van der Waals surface area contributed by atoms with Crippen LogP contribution in [0.15, 0.2) is 10.7 Å². The highest BCUT2D eigenvalue weighted by Crippen LogP contribution is 2.15. The number of rotatable bonds is 4. The number of nitrogens with zero attached hydrogens (tertiary/aromatic N) is 2. The lowest BCUT2D eigenvalue weighted by Crippen LogP contribution is -2.28. The molecule has 0 saturated heterocycles. The van der Waals surface area contributed by atoms with Gasteiger partial charge in [0.25, 0.3) is 6.01 Å². The molecule has 0 bridgehead atoms. The number of hydrogen-bond acceptors (Lipinski definition) is 4. The Morgan fingerprint density at radius 3 is 2.86 bits per heavy atom. The van der Waals surface area contributed by atoms with Gasteiger partial charge in [0.15, 0.2) is 5.69 Å². The van der Waals surface area contributed by atoms with Gasteiger partial charge in [0.1, 0.15) is 6.26 Å². The molecule has 0 fully saturated rings. The molecule has 0 aliphatic heterocycles. The number of carboxylic acid groups (broad SMARTS) is 1. The molecule has 0 saturated carbocycles. The molecule has 0 spiro atoms. The van der Waals surface area contributed by atoms with Crippen LogP contribution in [0.1, 0.15) is 30.8 Å². The normalized spacial score (nSPS) is 12.5. The van der Waals surface area contributed by atoms with Crippen molar-refractivity contribution in [1.29, 1.82) is 0 Å². The number of aromatic carboxylic acids is 1. The lowest BCUT2D eigenvalue weighted by atomic mass is 10.2. The first-order valence-electron chi connectivity index (χ1n) is 4.48. The van der Waals surface area contributed by atoms with Gasteiger partial charge in [-0.25, -0.2) is 4.79 Å². The summed E-state index contributed by atoms with van der Waals surface area (Å²) in [4.78, 5) is 16.2. The molecule has 0 aliphatic carbocycles. The smallest absolute Gasteiger partial charge is 0.357 e. The number of anilines is 1. The second-order valence-corrected chi connectivity index (χ2v) is 3.19. The fourth-order valence-electron chi connectivity index (χ4n) is 0.987. The van der Waals surface area contributed by atoms with Crippen molar-refractivity contribution in [2.45, 2.75) is 26.3 Å². The lowest BCUT2D eigenvalue weighted by Gasteiger charge is -2.21. The van der Waals surface area contributed by atoms with Crippen molar-refractivity contribution in [2.75, 3.05) is 11.9 Å². The van der Waals surface area contributed by atoms with Gasteiger partial charge in [-0.1, -0.05) is 6.92 Å². The van der Waals surface area contributed by atoms with Crippen molar-refractivity contribution >= 4 is 12.0 Å². The van der Waals surface area contributed by atoms with Gasteiger partial charge in [-0.3, -0.25) is 0 Å². The number of aromatic nitrogens is 1. The van der Waals surface area contributed by atoms with E-state index in [0.717, 1.165) is 12.7 Å². The first kappa shape index (κ1) is 10.6. The molecular formula is C9H14N2O3. The maximum absolute atomic E-state index is 10.5. The van der Waals surface area contributed by atoms with Crippen molar-refractivity contribution < 1.29 is 14.3 Å². The van der Waals surface area contributed by atoms with Gasteiger partial charge in [-0.2, -0.15) is 4.98 Å². The molecule has 0 aliphatic rings. The summed E-state index contributed by atoms with van der Waals surface area (Å²) in [6.07, 6.45) is 2.10. The molecule has 1 atom stereocenters. The molecule has 1 aromatic heterocycles. The zero-order valence-electron chi connectivity index (χ0n) is 8.52. The van der Waals surface area contributed by atoms with Crippen LogP contribution in [0.5, 0.6) is 0 Å². The molecule has 1 unspecified atom stereocenters. The molecule has 1 aromatic rings. The van der Waals surface area contributed by atoms with E-state index in [1.165, 1.54) is 0 Å². The Kier molecular flexibility index (Phi) is 3.11. The summed E-state index contributed by atoms with van der Waals surface area (Å²) in [7, 11) is 1.83. The van der Waals surface area contributed by atoms with E-state index in [2.05, 4.69) is 4.98 Å². The minimum atomic E-state index is -1.07. The Morgan fingerprint density at radius 2 is 2.43 bits per heavy atom. The van der Waals surface area contributed by atoms with Crippen molar-refractivity contribution in [3.05, 3.63) is 12.0 Å². The third-order valence-electron chi connectivity index (χ3n) is 2.26. The van der Waals surface area contributed by atoms with Crippen molar-refractivity contribution in [3.8, 4) is 0 Å². The summed E-state index contributed by atoms with van der Waals surface area (Å²) >= 11 is 0. The maximum Gasteiger partial charge on any atom is 0.357 e. The van der Waals surface area contributed by atoms with E-state index in [-0.39, 0.29) is 11.7 Å². The Morgan fingerprint density at radius 1 is 1.79 bits per heavy atom. The van der Waals surface area contributed by atoms with E-state index in [1.807, 2.05) is 25.8 Å². The van der Waals surface area contributed by atoms with E-state index >= 15 is 0 Å². The van der Waals surface area contributed by atoms with E-state index in [4.69, 9.17) is 9.52 Å². The quantitative estimate of drug-likeness (QED) is 0.796. The zero-order valence-corrected chi connectivity index (χ0v) is 8.52. The van der Waals surface area contributed by atoms with Crippen molar-refractivity contribution in [3.63, 3.8) is 0 Å². The highest BCUT2D eigenvalue weighted by molar-refractivity contribution is 5.85. The van der Waals surface area contributed by atoms with Gasteiger partial charge in [0, 0.05) is 13.1 Å². The van der Waals surface area contributed by atoms with Gasteiger partial charge < -0.3 is 14.4 Å². The molecule has 1 N–H and O–H groups in total. The SMILES string of the molecule is CCC(C)N(C)c1nc(C(=O)O)co1. The summed E-state index contributed by atoms with van der Waals surface area (Å²) in [5.41, 5.74) is -0.0600. The third kappa shape index (κ3) is 2.04. The number of oxazole rings is 1. The first-order chi connectivity index (χ1) is 6.56. The van der Waals surface area contributed by atoms with E-state index in [9.17, 15) is 4.79 Å². The van der Waals surface area contributed by atoms with Crippen LogP contribution in [0.25, 0.3) is 0 Å². The van der Waals surface area contributed by atoms with Gasteiger partial charge in [0.05, 0.1) is 0 Å². The van der Waals surface area contributed by atoms with Crippen molar-refractivity contribution in [2.24, 2.45) is 0 Å². The molecule has 0 radical (unpaired) electrons. The zero-order chi connectivity index (χ0) is 10.7. The van der Waals surface area contributed by atoms with Crippen LogP contribution >= 0.6 is 0 Å². The molecule has 0 amide bonds. The van der Waals surface area contributed by atoms with Crippen LogP contribution in [0.4, 0.5) is 6.01 Å². The highest BCUT2D eigenvalue weighted by Gasteiger charge is 2.16. The van der Waals surface area contributed by atoms with Crippen LogP contribution < -0.4 is 4.90 Å². The van der Waals surface area contributed by atoms with Crippen molar-refractivity contribution in [1.82, 2.24) is 4.98 Å². The van der Waals surface area contributed by atoms with Crippen LogP contribution in [0, 0.1) is 0 Å². The van der Waals surface area contributed by atoms with Gasteiger partial charge in [-0.05, 0) is 13.3 Å². The monoisotopic (exact) mass is 198 g/mol. The summed E-state index contributed by atoms with van der Waals surface area (Å²) < 4.78 is 5.04. The molecule has 0 aromatic carbocycles. The fourth-order valence-corrected chi connectivity index (χ4v) is 0.987. The Labute approximate surface area is 82.4 Å². The van der Waals surface area contributed by atoms with E-state index in [0.29, 0.717) is 6.01 Å². The topological polar surface area (TPSA) is 66.6 Å². The minimum absolute atomic E-state index is 0.0600. The van der Waals surface area contributed by atoms with Gasteiger partial charge in [-0.15, -0.1) is 0 Å². The highest BCUT2D eigenvalue weighted by atomic mass is 16.4. The fraction of sp³-hybridized carbons (Fsp3) is 0.556. The van der Waals surface area contributed by atoms with Gasteiger partial charge in [0.2, 0.25) is 0 Å². The minimum Gasteiger partial charge on any atom is -0.476 e. The van der Waals surface area contributed by atoms with Crippen LogP contribution in [0.2, 0.25) is 0 Å². The molecule has 14 heavy (non-hydrogen) atoms. The summed E-state index contributed by atoms with van der Waals surface area (Å²) in [5, 5.41) is 8.63. The second-order valence-electron chi connectivity index (χ2n) is 3.19. The largest absolute Gasteiger partial charge is 0.476 e. The lowest BCUT2D eigenvalue weighted by molar-refractivity contribution is 0.0690. The number of carboxylic acids is 1. The van der Waals surface area contributed by atoms with E-state index < -0.39 is 5.97 Å². The summed E-state index contributed by atoms with van der Waals surface area (Å²) in [6.45, 7) is 4.06. The second kappa shape index (κ2) is 4.13. The molecular weight excluding hydrogens is 184 g/mol. The average Bonchev–Trinajstić information content (AvgIpc) is 2.64. The molecule has 1 heterocycles. The third-order valence-corrected chi connectivity index (χ3v) is 2.26. The Bertz CT molecular complexity index is 322. The number of carbonyl (C=O) groups is 1. The molecule has 78 valence electrons. The average molecular weight is 198 g/mol. The number of hydrogen-bond donors (Lipinski definition) is 1. The van der Waals surface area contributed by atoms with Crippen LogP contribution in [-0.2, 0) is 0 Å². The predicted molar refractivity (Wildman–Crippen MR) is 51.6 cm³/mol. The van der Waals surface area contributed by atoms with Gasteiger partial charge >= 0.3 is 5.97 Å². The Hall–Kier alpha value is -1.52. The maximum atomic E-state index is 10.5. The molecule has 5 nitrogen and oxygen atoms in total. The summed E-state index contributed by atoms with van der Waals surface area (Å²) in [5.74, 6) is -1.07. The van der Waals surface area contributed by atoms with E-state index in [1.54, 1.807) is 0 Å². The van der Waals surface area contributed by atoms with Crippen LogP contribution in [0.3, 0.4) is 0 Å². The molecule has 1 rings (SSSR count). The summed E-state index contributed by atoms with van der Waals surface area (Å²) in [6, 6.07) is 0.618. The van der Waals surface area contributed by atoms with Crippen LogP contribution in [-0.4, -0.2) is 29.1 Å². The molecule has 5 heteroatoms. The standard InChI is InChI=1S/C9H14N2O3/c1-4-6(2)11(3)9-10-7(5-14-9)8(12)13/h5-6H,4H2,1-3H3,(H,12,13). The first-order valence-corrected chi connectivity index (χ1v) is 4.48. The Balaban J connectivity index is 2.81.